The van der Waals surface area contributed by atoms with Crippen molar-refractivity contribution in [1.29, 1.82) is 0 Å². The van der Waals surface area contributed by atoms with E-state index in [0.29, 0.717) is 17.4 Å². The second-order valence-corrected chi connectivity index (χ2v) is 7.41. The maximum absolute atomic E-state index is 13.5. The normalized spacial score (nSPS) is 16.3. The molecule has 0 spiro atoms. The van der Waals surface area contributed by atoms with Crippen molar-refractivity contribution in [3.8, 4) is 0 Å². The van der Waals surface area contributed by atoms with Gasteiger partial charge in [-0.05, 0) is 42.5 Å². The Morgan fingerprint density at radius 3 is 2.52 bits per heavy atom. The van der Waals surface area contributed by atoms with Crippen molar-refractivity contribution in [3.63, 3.8) is 0 Å². The van der Waals surface area contributed by atoms with Gasteiger partial charge in [0.1, 0.15) is 5.25 Å². The number of thioether (sulfide) groups is 1. The first-order chi connectivity index (χ1) is 12.0. The monoisotopic (exact) mass is 362 g/mol. The van der Waals surface area contributed by atoms with Gasteiger partial charge in [-0.3, -0.25) is 4.79 Å². The zero-order chi connectivity index (χ0) is 17.8. The molecular formula is C19H20F2N2OS. The Kier molecular flexibility index (Phi) is 5.71. The molecule has 6 heteroatoms. The Labute approximate surface area is 150 Å². The predicted octanol–water partition coefficient (Wildman–Crippen LogP) is 3.65. The fraction of sp³-hybridized carbons (Fsp3) is 0.316. The average Bonchev–Trinajstić information content (AvgIpc) is 3.46. The largest absolute Gasteiger partial charge is 0.353 e. The molecule has 0 radical (unpaired) electrons. The van der Waals surface area contributed by atoms with E-state index in [1.807, 2.05) is 30.3 Å². The Bertz CT molecular complexity index is 737. The predicted molar refractivity (Wildman–Crippen MR) is 95.1 cm³/mol. The molecule has 1 aliphatic carbocycles. The van der Waals surface area contributed by atoms with E-state index in [9.17, 15) is 13.6 Å². The molecule has 0 saturated heterocycles. The van der Waals surface area contributed by atoms with E-state index in [1.54, 1.807) is 0 Å². The highest BCUT2D eigenvalue weighted by atomic mass is 32.2. The molecule has 2 aromatic carbocycles. The molecule has 3 rings (SSSR count). The van der Waals surface area contributed by atoms with Gasteiger partial charge in [-0.25, -0.2) is 8.78 Å². The van der Waals surface area contributed by atoms with Crippen LogP contribution in [0.25, 0.3) is 0 Å². The first-order valence-corrected chi connectivity index (χ1v) is 9.12. The van der Waals surface area contributed by atoms with Crippen LogP contribution in [0.1, 0.15) is 23.7 Å². The van der Waals surface area contributed by atoms with Crippen molar-refractivity contribution in [2.45, 2.75) is 29.0 Å². The fourth-order valence-electron chi connectivity index (χ4n) is 2.59. The van der Waals surface area contributed by atoms with Crippen LogP contribution in [0.2, 0.25) is 0 Å². The van der Waals surface area contributed by atoms with Crippen molar-refractivity contribution in [2.75, 3.05) is 6.54 Å². The van der Waals surface area contributed by atoms with E-state index in [1.165, 1.54) is 17.8 Å². The van der Waals surface area contributed by atoms with E-state index in [-0.39, 0.29) is 11.9 Å². The summed E-state index contributed by atoms with van der Waals surface area (Å²) in [5.74, 6) is -1.51. The van der Waals surface area contributed by atoms with Crippen LogP contribution in [0.15, 0.2) is 53.4 Å². The summed E-state index contributed by atoms with van der Waals surface area (Å²) >= 11 is 1.19. The highest BCUT2D eigenvalue weighted by Crippen LogP contribution is 2.36. The molecule has 25 heavy (non-hydrogen) atoms. The Balaban J connectivity index is 1.74. The van der Waals surface area contributed by atoms with E-state index < -0.39 is 16.9 Å². The first kappa shape index (κ1) is 17.9. The van der Waals surface area contributed by atoms with Crippen molar-refractivity contribution < 1.29 is 13.6 Å². The zero-order valence-corrected chi connectivity index (χ0v) is 14.4. The van der Waals surface area contributed by atoms with Crippen LogP contribution in [0.5, 0.6) is 0 Å². The molecule has 3 N–H and O–H groups in total. The quantitative estimate of drug-likeness (QED) is 0.739. The molecule has 1 fully saturated rings. The number of benzene rings is 2. The maximum atomic E-state index is 13.5. The van der Waals surface area contributed by atoms with Crippen molar-refractivity contribution in [1.82, 2.24) is 5.32 Å². The minimum absolute atomic E-state index is 0.0337. The van der Waals surface area contributed by atoms with Crippen molar-refractivity contribution in [3.05, 3.63) is 65.7 Å². The van der Waals surface area contributed by atoms with Crippen LogP contribution < -0.4 is 11.1 Å². The molecule has 0 heterocycles. The topological polar surface area (TPSA) is 55.1 Å². The lowest BCUT2D eigenvalue weighted by molar-refractivity contribution is -0.120. The lowest BCUT2D eigenvalue weighted by Gasteiger charge is -2.19. The zero-order valence-electron chi connectivity index (χ0n) is 13.6. The molecular weight excluding hydrogens is 342 g/mol. The standard InChI is InChI=1S/C19H20F2N2OS/c20-15-9-8-14(10-16(15)21)25-18(13-4-2-1-3-5-13)19(24)23-11-17(22)12-6-7-12/h1-5,8-10,12,17-18H,6-7,11,22H2,(H,23,24). The van der Waals surface area contributed by atoms with Gasteiger partial charge in [0.2, 0.25) is 5.91 Å². The summed E-state index contributed by atoms with van der Waals surface area (Å²) in [5, 5.41) is 2.34. The van der Waals surface area contributed by atoms with E-state index in [4.69, 9.17) is 5.73 Å². The minimum Gasteiger partial charge on any atom is -0.353 e. The Hall–Kier alpha value is -1.92. The first-order valence-electron chi connectivity index (χ1n) is 8.24. The van der Waals surface area contributed by atoms with Crippen LogP contribution in [-0.4, -0.2) is 18.5 Å². The Morgan fingerprint density at radius 1 is 1.16 bits per heavy atom. The second kappa shape index (κ2) is 7.97. The number of amides is 1. The third-order valence-corrected chi connectivity index (χ3v) is 5.47. The lowest BCUT2D eigenvalue weighted by atomic mass is 10.1. The molecule has 0 bridgehead atoms. The van der Waals surface area contributed by atoms with Gasteiger partial charge in [0.25, 0.3) is 0 Å². The van der Waals surface area contributed by atoms with Crippen LogP contribution in [0.3, 0.4) is 0 Å². The van der Waals surface area contributed by atoms with Gasteiger partial charge in [0.05, 0.1) is 0 Å². The van der Waals surface area contributed by atoms with Crippen LogP contribution >= 0.6 is 11.8 Å². The second-order valence-electron chi connectivity index (χ2n) is 6.23. The van der Waals surface area contributed by atoms with Crippen LogP contribution in [0.4, 0.5) is 8.78 Å². The summed E-state index contributed by atoms with van der Waals surface area (Å²) in [6.45, 7) is 0.422. The summed E-state index contributed by atoms with van der Waals surface area (Å²) < 4.78 is 26.6. The smallest absolute Gasteiger partial charge is 0.238 e. The van der Waals surface area contributed by atoms with Gasteiger partial charge in [-0.1, -0.05) is 30.3 Å². The van der Waals surface area contributed by atoms with Crippen molar-refractivity contribution in [2.24, 2.45) is 11.7 Å². The minimum atomic E-state index is -0.923. The molecule has 2 atom stereocenters. The molecule has 132 valence electrons. The molecule has 2 aromatic rings. The highest BCUT2D eigenvalue weighted by Gasteiger charge is 2.29. The van der Waals surface area contributed by atoms with Crippen LogP contribution in [0, 0.1) is 17.6 Å². The van der Waals surface area contributed by atoms with Gasteiger partial charge in [-0.2, -0.15) is 0 Å². The summed E-state index contributed by atoms with van der Waals surface area (Å²) in [7, 11) is 0. The van der Waals surface area contributed by atoms with Gasteiger partial charge < -0.3 is 11.1 Å². The molecule has 1 saturated carbocycles. The number of nitrogens with one attached hydrogen (secondary N) is 1. The van der Waals surface area contributed by atoms with E-state index in [2.05, 4.69) is 5.32 Å². The van der Waals surface area contributed by atoms with Gasteiger partial charge >= 0.3 is 0 Å². The number of carbonyl (C=O) groups is 1. The molecule has 0 aromatic heterocycles. The maximum Gasteiger partial charge on any atom is 0.238 e. The third kappa shape index (κ3) is 4.80. The molecule has 1 amide bonds. The SMILES string of the molecule is NC(CNC(=O)C(Sc1ccc(F)c(F)c1)c1ccccc1)C1CC1. The third-order valence-electron chi connectivity index (χ3n) is 4.22. The summed E-state index contributed by atoms with van der Waals surface area (Å²) in [5.41, 5.74) is 6.84. The molecule has 3 nitrogen and oxygen atoms in total. The van der Waals surface area contributed by atoms with E-state index in [0.717, 1.165) is 30.5 Å². The number of nitrogens with two attached hydrogens (primary N) is 1. The Morgan fingerprint density at radius 2 is 1.88 bits per heavy atom. The number of halogens is 2. The number of hydrogen-bond acceptors (Lipinski definition) is 3. The van der Waals surface area contributed by atoms with E-state index >= 15 is 0 Å². The van der Waals surface area contributed by atoms with Crippen molar-refractivity contribution >= 4 is 17.7 Å². The molecule has 0 aliphatic heterocycles. The number of carbonyl (C=O) groups excluding carboxylic acids is 1. The summed E-state index contributed by atoms with van der Waals surface area (Å²) in [6, 6.07) is 12.9. The number of rotatable bonds is 7. The summed E-state index contributed by atoms with van der Waals surface area (Å²) in [6.07, 6.45) is 2.23. The summed E-state index contributed by atoms with van der Waals surface area (Å²) in [4.78, 5) is 13.2. The molecule has 1 aliphatic rings. The highest BCUT2D eigenvalue weighted by molar-refractivity contribution is 8.00. The fourth-order valence-corrected chi connectivity index (χ4v) is 3.66. The number of hydrogen-bond donors (Lipinski definition) is 2. The average molecular weight is 362 g/mol. The van der Waals surface area contributed by atoms with Gasteiger partial charge in [0, 0.05) is 17.5 Å². The lowest BCUT2D eigenvalue weighted by Crippen LogP contribution is -2.40. The van der Waals surface area contributed by atoms with Gasteiger partial charge in [0.15, 0.2) is 11.6 Å². The van der Waals surface area contributed by atoms with Gasteiger partial charge in [-0.15, -0.1) is 11.8 Å². The molecule has 2 unspecified atom stereocenters. The van der Waals surface area contributed by atoms with Crippen LogP contribution in [-0.2, 0) is 4.79 Å².